The number of rotatable bonds is 3. The van der Waals surface area contributed by atoms with Gasteiger partial charge in [0.2, 0.25) is 0 Å². The standard InChI is InChI=1S/C17H20N2O4/c1-5-22-15(20)12-8-11-6-7-13(9-14(11)18-10-12)19-16(21)23-17(2,3)4/h6-10H,5H2,1-4H3,(H,19,21). The molecule has 122 valence electrons. The van der Waals surface area contributed by atoms with Gasteiger partial charge in [0.25, 0.3) is 0 Å². The Labute approximate surface area is 134 Å². The lowest BCUT2D eigenvalue weighted by molar-refractivity contribution is 0.0525. The third-order valence-electron chi connectivity index (χ3n) is 2.84. The van der Waals surface area contributed by atoms with Crippen molar-refractivity contribution in [2.24, 2.45) is 0 Å². The summed E-state index contributed by atoms with van der Waals surface area (Å²) in [6.45, 7) is 7.46. The third kappa shape index (κ3) is 4.67. The zero-order valence-electron chi connectivity index (χ0n) is 13.7. The predicted octanol–water partition coefficient (Wildman–Crippen LogP) is 3.76. The molecular formula is C17H20N2O4. The molecule has 0 unspecified atom stereocenters. The van der Waals surface area contributed by atoms with Crippen LogP contribution in [0.5, 0.6) is 0 Å². The minimum absolute atomic E-state index is 0.315. The van der Waals surface area contributed by atoms with Crippen LogP contribution in [0.4, 0.5) is 10.5 Å². The van der Waals surface area contributed by atoms with Gasteiger partial charge in [-0.1, -0.05) is 6.07 Å². The Kier molecular flexibility index (Phi) is 4.83. The number of hydrogen-bond donors (Lipinski definition) is 1. The first kappa shape index (κ1) is 16.7. The maximum absolute atomic E-state index is 11.8. The second-order valence-electron chi connectivity index (χ2n) is 5.98. The summed E-state index contributed by atoms with van der Waals surface area (Å²) in [6, 6.07) is 6.92. The monoisotopic (exact) mass is 316 g/mol. The Balaban J connectivity index is 2.18. The smallest absolute Gasteiger partial charge is 0.412 e. The molecule has 2 rings (SSSR count). The molecule has 0 saturated heterocycles. The van der Waals surface area contributed by atoms with Crippen molar-refractivity contribution in [2.45, 2.75) is 33.3 Å². The number of pyridine rings is 1. The lowest BCUT2D eigenvalue weighted by Gasteiger charge is -2.19. The zero-order valence-corrected chi connectivity index (χ0v) is 13.7. The molecule has 1 aromatic carbocycles. The van der Waals surface area contributed by atoms with Gasteiger partial charge in [0.1, 0.15) is 5.60 Å². The van der Waals surface area contributed by atoms with E-state index in [1.54, 1.807) is 52.0 Å². The molecule has 6 heteroatoms. The number of nitrogens with zero attached hydrogens (tertiary/aromatic N) is 1. The number of amides is 1. The summed E-state index contributed by atoms with van der Waals surface area (Å²) in [5.41, 5.74) is 1.07. The van der Waals surface area contributed by atoms with Gasteiger partial charge in [-0.25, -0.2) is 9.59 Å². The normalized spacial score (nSPS) is 11.1. The van der Waals surface area contributed by atoms with E-state index < -0.39 is 17.7 Å². The maximum Gasteiger partial charge on any atom is 0.412 e. The van der Waals surface area contributed by atoms with Crippen LogP contribution < -0.4 is 5.32 Å². The number of aromatic nitrogens is 1. The molecule has 0 aliphatic carbocycles. The van der Waals surface area contributed by atoms with Crippen LogP contribution in [0.3, 0.4) is 0 Å². The highest BCUT2D eigenvalue weighted by Crippen LogP contribution is 2.20. The largest absolute Gasteiger partial charge is 0.462 e. The number of carbonyl (C=O) groups is 2. The molecule has 0 spiro atoms. The first-order valence-electron chi connectivity index (χ1n) is 7.35. The van der Waals surface area contributed by atoms with Crippen molar-refractivity contribution in [3.05, 3.63) is 36.0 Å². The van der Waals surface area contributed by atoms with E-state index in [2.05, 4.69) is 10.3 Å². The molecule has 0 aliphatic heterocycles. The molecule has 0 aliphatic rings. The summed E-state index contributed by atoms with van der Waals surface area (Å²) in [5.74, 6) is -0.405. The summed E-state index contributed by atoms with van der Waals surface area (Å²) >= 11 is 0. The van der Waals surface area contributed by atoms with Crippen LogP contribution in [0.1, 0.15) is 38.1 Å². The highest BCUT2D eigenvalue weighted by atomic mass is 16.6. The molecule has 0 radical (unpaired) electrons. The van der Waals surface area contributed by atoms with Crippen molar-refractivity contribution in [3.8, 4) is 0 Å². The summed E-state index contributed by atoms with van der Waals surface area (Å²) < 4.78 is 10.1. The quantitative estimate of drug-likeness (QED) is 0.872. The van der Waals surface area contributed by atoms with E-state index >= 15 is 0 Å². The minimum atomic E-state index is -0.562. The fourth-order valence-corrected chi connectivity index (χ4v) is 1.95. The van der Waals surface area contributed by atoms with Crippen LogP contribution in [-0.2, 0) is 9.47 Å². The number of benzene rings is 1. The third-order valence-corrected chi connectivity index (χ3v) is 2.84. The van der Waals surface area contributed by atoms with Gasteiger partial charge in [-0.15, -0.1) is 0 Å². The Morgan fingerprint density at radius 2 is 1.96 bits per heavy atom. The number of anilines is 1. The highest BCUT2D eigenvalue weighted by molar-refractivity contribution is 5.95. The Morgan fingerprint density at radius 3 is 2.61 bits per heavy atom. The molecule has 0 saturated carbocycles. The molecular weight excluding hydrogens is 296 g/mol. The molecule has 1 amide bonds. The molecule has 1 N–H and O–H groups in total. The van der Waals surface area contributed by atoms with Crippen molar-refractivity contribution in [2.75, 3.05) is 11.9 Å². The first-order valence-corrected chi connectivity index (χ1v) is 7.35. The predicted molar refractivity (Wildman–Crippen MR) is 87.6 cm³/mol. The van der Waals surface area contributed by atoms with Crippen LogP contribution >= 0.6 is 0 Å². The van der Waals surface area contributed by atoms with Crippen LogP contribution in [-0.4, -0.2) is 29.3 Å². The Morgan fingerprint density at radius 1 is 1.22 bits per heavy atom. The number of ether oxygens (including phenoxy) is 2. The minimum Gasteiger partial charge on any atom is -0.462 e. The molecule has 1 heterocycles. The molecule has 6 nitrogen and oxygen atoms in total. The molecule has 2 aromatic rings. The lowest BCUT2D eigenvalue weighted by Crippen LogP contribution is -2.27. The number of carbonyl (C=O) groups excluding carboxylic acids is 2. The lowest BCUT2D eigenvalue weighted by atomic mass is 10.1. The summed E-state index contributed by atoms with van der Waals surface area (Å²) in [6.07, 6.45) is 0.928. The van der Waals surface area contributed by atoms with Crippen molar-refractivity contribution >= 4 is 28.7 Å². The SMILES string of the molecule is CCOC(=O)c1cnc2cc(NC(=O)OC(C)(C)C)ccc2c1. The van der Waals surface area contributed by atoms with Crippen LogP contribution in [0.2, 0.25) is 0 Å². The molecule has 23 heavy (non-hydrogen) atoms. The van der Waals surface area contributed by atoms with E-state index in [0.717, 1.165) is 5.39 Å². The van der Waals surface area contributed by atoms with Gasteiger partial charge in [0.15, 0.2) is 0 Å². The average Bonchev–Trinajstić information content (AvgIpc) is 2.44. The van der Waals surface area contributed by atoms with E-state index in [-0.39, 0.29) is 0 Å². The van der Waals surface area contributed by atoms with Crippen molar-refractivity contribution in [3.63, 3.8) is 0 Å². The number of nitrogens with one attached hydrogen (secondary N) is 1. The van der Waals surface area contributed by atoms with Crippen molar-refractivity contribution in [1.82, 2.24) is 4.98 Å². The number of esters is 1. The second kappa shape index (κ2) is 6.64. The van der Waals surface area contributed by atoms with E-state index in [1.165, 1.54) is 6.20 Å². The van der Waals surface area contributed by atoms with Gasteiger partial charge in [0, 0.05) is 17.3 Å². The fourth-order valence-electron chi connectivity index (χ4n) is 1.95. The number of fused-ring (bicyclic) bond motifs is 1. The van der Waals surface area contributed by atoms with Crippen molar-refractivity contribution < 1.29 is 19.1 Å². The fraction of sp³-hybridized carbons (Fsp3) is 0.353. The highest BCUT2D eigenvalue weighted by Gasteiger charge is 2.16. The molecule has 0 bridgehead atoms. The Bertz CT molecular complexity index is 735. The topological polar surface area (TPSA) is 77.5 Å². The summed E-state index contributed by atoms with van der Waals surface area (Å²) in [4.78, 5) is 27.7. The zero-order chi connectivity index (χ0) is 17.0. The number of hydrogen-bond acceptors (Lipinski definition) is 5. The molecule has 1 aromatic heterocycles. The van der Waals surface area contributed by atoms with Crippen LogP contribution in [0.15, 0.2) is 30.5 Å². The molecule has 0 fully saturated rings. The summed E-state index contributed by atoms with van der Waals surface area (Å²) in [7, 11) is 0. The van der Waals surface area contributed by atoms with E-state index in [0.29, 0.717) is 23.4 Å². The molecule has 0 atom stereocenters. The van der Waals surface area contributed by atoms with Crippen LogP contribution in [0.25, 0.3) is 10.9 Å². The van der Waals surface area contributed by atoms with E-state index in [9.17, 15) is 9.59 Å². The van der Waals surface area contributed by atoms with Gasteiger partial charge >= 0.3 is 12.1 Å². The first-order chi connectivity index (χ1) is 10.8. The van der Waals surface area contributed by atoms with Crippen LogP contribution in [0, 0.1) is 0 Å². The average molecular weight is 316 g/mol. The maximum atomic E-state index is 11.8. The van der Waals surface area contributed by atoms with E-state index in [4.69, 9.17) is 9.47 Å². The summed E-state index contributed by atoms with van der Waals surface area (Å²) in [5, 5.41) is 3.44. The van der Waals surface area contributed by atoms with Gasteiger partial charge in [-0.05, 0) is 45.9 Å². The van der Waals surface area contributed by atoms with Gasteiger partial charge in [-0.3, -0.25) is 10.3 Å². The van der Waals surface area contributed by atoms with Gasteiger partial charge in [0.05, 0.1) is 17.7 Å². The van der Waals surface area contributed by atoms with Crippen molar-refractivity contribution in [1.29, 1.82) is 0 Å². The Hall–Kier alpha value is -2.63. The van der Waals surface area contributed by atoms with Gasteiger partial charge < -0.3 is 9.47 Å². The second-order valence-corrected chi connectivity index (χ2v) is 5.98. The van der Waals surface area contributed by atoms with E-state index in [1.807, 2.05) is 0 Å². The van der Waals surface area contributed by atoms with Gasteiger partial charge in [-0.2, -0.15) is 0 Å².